The van der Waals surface area contributed by atoms with Gasteiger partial charge in [0.15, 0.2) is 6.61 Å². The van der Waals surface area contributed by atoms with E-state index in [1.54, 1.807) is 10.6 Å². The number of hydrogen-bond donors (Lipinski definition) is 2. The van der Waals surface area contributed by atoms with Crippen molar-refractivity contribution in [2.24, 2.45) is 11.7 Å². The highest BCUT2D eigenvalue weighted by Crippen LogP contribution is 2.34. The number of ether oxygens (including phenoxy) is 1. The maximum atomic E-state index is 13.1. The minimum absolute atomic E-state index is 0.0630. The van der Waals surface area contributed by atoms with E-state index >= 15 is 0 Å². The summed E-state index contributed by atoms with van der Waals surface area (Å²) in [6.45, 7) is 5.22. The van der Waals surface area contributed by atoms with E-state index in [9.17, 15) is 22.8 Å². The van der Waals surface area contributed by atoms with Gasteiger partial charge in [-0.2, -0.15) is 0 Å². The molecule has 0 fully saturated rings. The summed E-state index contributed by atoms with van der Waals surface area (Å²) in [6.07, 6.45) is 4.08. The van der Waals surface area contributed by atoms with Crippen LogP contribution in [0.25, 0.3) is 5.52 Å². The topological polar surface area (TPSA) is 150 Å². The van der Waals surface area contributed by atoms with Crippen molar-refractivity contribution in [3.8, 4) is 5.88 Å². The Bertz CT molecular complexity index is 1410. The molecule has 0 atom stereocenters. The zero-order valence-electron chi connectivity index (χ0n) is 20.7. The molecule has 2 amide bonds. The summed E-state index contributed by atoms with van der Waals surface area (Å²) in [5.74, 6) is -2.84. The number of ketones is 1. The van der Waals surface area contributed by atoms with Crippen LogP contribution < -0.4 is 15.2 Å². The summed E-state index contributed by atoms with van der Waals surface area (Å²) in [5, 5.41) is 0. The Morgan fingerprint density at radius 1 is 1.17 bits per heavy atom. The van der Waals surface area contributed by atoms with E-state index in [0.717, 1.165) is 17.5 Å². The van der Waals surface area contributed by atoms with Gasteiger partial charge in [0, 0.05) is 18.3 Å². The molecule has 0 saturated heterocycles. The number of benzene rings is 1. The highest BCUT2D eigenvalue weighted by molar-refractivity contribution is 7.89. The minimum Gasteiger partial charge on any atom is -0.466 e. The second kappa shape index (κ2) is 10.9. The largest absolute Gasteiger partial charge is 0.466 e. The van der Waals surface area contributed by atoms with Gasteiger partial charge in [0.25, 0.3) is 17.6 Å². The molecule has 0 aliphatic rings. The minimum atomic E-state index is -3.79. The summed E-state index contributed by atoms with van der Waals surface area (Å²) < 4.78 is 32.1. The van der Waals surface area contributed by atoms with Crippen LogP contribution in [0.3, 0.4) is 0 Å². The van der Waals surface area contributed by atoms with Gasteiger partial charge in [-0.3, -0.25) is 19.1 Å². The van der Waals surface area contributed by atoms with Crippen LogP contribution in [0.15, 0.2) is 36.5 Å². The lowest BCUT2D eigenvalue weighted by atomic mass is 9.94. The highest BCUT2D eigenvalue weighted by atomic mass is 32.2. The van der Waals surface area contributed by atoms with Gasteiger partial charge in [-0.05, 0) is 29.9 Å². The van der Waals surface area contributed by atoms with Crippen molar-refractivity contribution in [1.29, 1.82) is 0 Å². The molecule has 2 heterocycles. The summed E-state index contributed by atoms with van der Waals surface area (Å²) in [7, 11) is -3.79. The van der Waals surface area contributed by atoms with E-state index in [4.69, 9.17) is 10.5 Å². The van der Waals surface area contributed by atoms with Gasteiger partial charge < -0.3 is 14.9 Å². The number of aryl methyl sites for hydroxylation is 1. The zero-order valence-corrected chi connectivity index (χ0v) is 21.5. The number of Topliss-reactive ketones (excluding diaryl/α,β-unsaturated/α-hetero) is 1. The lowest BCUT2D eigenvalue weighted by Crippen LogP contribution is -2.33. The Balaban J connectivity index is 2.29. The second-order valence-corrected chi connectivity index (χ2v) is 10.7. The quantitative estimate of drug-likeness (QED) is 0.293. The number of carbonyl (C=O) groups is 3. The van der Waals surface area contributed by atoms with Crippen LogP contribution in [0.2, 0.25) is 0 Å². The predicted molar refractivity (Wildman–Crippen MR) is 134 cm³/mol. The SMILES string of the molecule is CCc1cn2c(Cc3ccccc3)c(CC(C)C)c(C(=O)C(N)=O)c2c(OCC(=O)NS(C)(=O)=O)n1. The fraction of sp³-hybridized carbons (Fsp3) is 0.360. The third kappa shape index (κ3) is 6.28. The number of hydrogen-bond acceptors (Lipinski definition) is 7. The van der Waals surface area contributed by atoms with Gasteiger partial charge in [-0.1, -0.05) is 51.1 Å². The number of sulfonamides is 1. The molecule has 0 spiro atoms. The van der Waals surface area contributed by atoms with Gasteiger partial charge in [-0.15, -0.1) is 0 Å². The first kappa shape index (κ1) is 26.9. The van der Waals surface area contributed by atoms with Crippen molar-refractivity contribution < 1.29 is 27.5 Å². The number of nitrogens with one attached hydrogen (secondary N) is 1. The number of nitrogens with zero attached hydrogens (tertiary/aromatic N) is 2. The third-order valence-electron chi connectivity index (χ3n) is 5.42. The average Bonchev–Trinajstić information content (AvgIpc) is 3.08. The summed E-state index contributed by atoms with van der Waals surface area (Å²) >= 11 is 0. The van der Waals surface area contributed by atoms with E-state index < -0.39 is 34.2 Å². The number of primary amides is 1. The van der Waals surface area contributed by atoms with Crippen molar-refractivity contribution in [2.45, 2.75) is 40.0 Å². The molecule has 0 saturated carbocycles. The smallest absolute Gasteiger partial charge is 0.289 e. The molecule has 3 aromatic rings. The average molecular weight is 515 g/mol. The molecule has 10 nitrogen and oxygen atoms in total. The summed E-state index contributed by atoms with van der Waals surface area (Å²) in [5.41, 5.74) is 8.75. The fourth-order valence-corrected chi connectivity index (χ4v) is 4.49. The number of fused-ring (bicyclic) bond motifs is 1. The van der Waals surface area contributed by atoms with Gasteiger partial charge in [-0.25, -0.2) is 13.4 Å². The van der Waals surface area contributed by atoms with Crippen LogP contribution in [0, 0.1) is 5.92 Å². The van der Waals surface area contributed by atoms with Crippen LogP contribution in [0.1, 0.15) is 53.6 Å². The number of nitrogens with two attached hydrogens (primary N) is 1. The Morgan fingerprint density at radius 2 is 1.83 bits per heavy atom. The van der Waals surface area contributed by atoms with Crippen LogP contribution in [0.5, 0.6) is 5.88 Å². The highest BCUT2D eigenvalue weighted by Gasteiger charge is 2.30. The Kier molecular flexibility index (Phi) is 8.13. The normalized spacial score (nSPS) is 11.6. The van der Waals surface area contributed by atoms with E-state index in [1.807, 2.05) is 55.8 Å². The Hall–Kier alpha value is -3.73. The molecule has 192 valence electrons. The van der Waals surface area contributed by atoms with Crippen LogP contribution >= 0.6 is 0 Å². The first-order valence-electron chi connectivity index (χ1n) is 11.5. The van der Waals surface area contributed by atoms with Crippen molar-refractivity contribution in [3.63, 3.8) is 0 Å². The second-order valence-electron chi connectivity index (χ2n) is 8.95. The number of amides is 2. The lowest BCUT2D eigenvalue weighted by molar-refractivity contribution is -0.121. The molecule has 3 N–H and O–H groups in total. The predicted octanol–water partition coefficient (Wildman–Crippen LogP) is 1.81. The molecule has 3 rings (SSSR count). The summed E-state index contributed by atoms with van der Waals surface area (Å²) in [6, 6.07) is 9.66. The Morgan fingerprint density at radius 3 is 2.39 bits per heavy atom. The molecule has 0 radical (unpaired) electrons. The summed E-state index contributed by atoms with van der Waals surface area (Å²) in [4.78, 5) is 41.8. The van der Waals surface area contributed by atoms with E-state index in [-0.39, 0.29) is 22.9 Å². The number of aromatic nitrogens is 2. The maximum absolute atomic E-state index is 13.1. The van der Waals surface area contributed by atoms with Crippen molar-refractivity contribution in [2.75, 3.05) is 12.9 Å². The van der Waals surface area contributed by atoms with Gasteiger partial charge in [0.1, 0.15) is 5.52 Å². The molecule has 11 heteroatoms. The monoisotopic (exact) mass is 514 g/mol. The van der Waals surface area contributed by atoms with E-state index in [0.29, 0.717) is 30.5 Å². The van der Waals surface area contributed by atoms with E-state index in [1.165, 1.54) is 0 Å². The molecule has 36 heavy (non-hydrogen) atoms. The molecular formula is C25H30N4O6S. The van der Waals surface area contributed by atoms with Crippen molar-refractivity contribution >= 4 is 33.1 Å². The molecule has 0 bridgehead atoms. The molecule has 1 aromatic carbocycles. The number of carbonyl (C=O) groups excluding carboxylic acids is 3. The zero-order chi connectivity index (χ0) is 26.6. The van der Waals surface area contributed by atoms with Gasteiger partial charge in [0.2, 0.25) is 15.9 Å². The molecule has 0 aliphatic heterocycles. The fourth-order valence-electron chi connectivity index (χ4n) is 4.02. The van der Waals surface area contributed by atoms with E-state index in [2.05, 4.69) is 4.98 Å². The maximum Gasteiger partial charge on any atom is 0.289 e. The third-order valence-corrected chi connectivity index (χ3v) is 6.02. The van der Waals surface area contributed by atoms with Crippen molar-refractivity contribution in [3.05, 3.63) is 64.6 Å². The van der Waals surface area contributed by atoms with Crippen LogP contribution in [0.4, 0.5) is 0 Å². The standard InChI is InChI=1S/C25H30N4O6S/c1-5-17-13-29-19(12-16-9-7-6-8-10-16)18(11-15(2)3)21(23(31)24(26)32)22(29)25(27-17)35-14-20(30)28-36(4,33)34/h6-10,13,15H,5,11-12,14H2,1-4H3,(H2,26,32)(H,28,30). The first-order chi connectivity index (χ1) is 16.9. The number of rotatable bonds is 11. The molecule has 2 aromatic heterocycles. The molecule has 0 unspecified atom stereocenters. The first-order valence-corrected chi connectivity index (χ1v) is 13.4. The molecular weight excluding hydrogens is 484 g/mol. The lowest BCUT2D eigenvalue weighted by Gasteiger charge is -2.12. The van der Waals surface area contributed by atoms with Gasteiger partial charge in [0.05, 0.1) is 17.5 Å². The van der Waals surface area contributed by atoms with Gasteiger partial charge >= 0.3 is 0 Å². The Labute approximate surface area is 209 Å². The van der Waals surface area contributed by atoms with Crippen molar-refractivity contribution in [1.82, 2.24) is 14.1 Å². The van der Waals surface area contributed by atoms with Crippen LogP contribution in [-0.2, 0) is 38.9 Å². The molecule has 0 aliphatic carbocycles. The van der Waals surface area contributed by atoms with Crippen LogP contribution in [-0.4, -0.2) is 48.3 Å².